The Morgan fingerprint density at radius 2 is 1.86 bits per heavy atom. The van der Waals surface area contributed by atoms with E-state index in [1.807, 2.05) is 19.1 Å². The number of ether oxygens (including phenoxy) is 2. The van der Waals surface area contributed by atoms with Gasteiger partial charge in [0.05, 0.1) is 24.7 Å². The Labute approximate surface area is 135 Å². The molecule has 0 heterocycles. The Balaban J connectivity index is 2.58. The fourth-order valence-corrected chi connectivity index (χ4v) is 2.39. The molecule has 0 aliphatic carbocycles. The number of carbonyl (C=O) groups is 2. The van der Waals surface area contributed by atoms with Crippen LogP contribution in [0.3, 0.4) is 0 Å². The number of anilines is 1. The monoisotopic (exact) mass is 325 g/mol. The summed E-state index contributed by atoms with van der Waals surface area (Å²) in [6.07, 6.45) is 0. The van der Waals surface area contributed by atoms with E-state index in [-0.39, 0.29) is 17.6 Å². The molecule has 0 aliphatic heterocycles. The molecule has 0 saturated carbocycles. The van der Waals surface area contributed by atoms with Crippen molar-refractivity contribution in [2.24, 2.45) is 0 Å². The molecule has 0 unspecified atom stereocenters. The zero-order valence-corrected chi connectivity index (χ0v) is 14.3. The third-order valence-corrected chi connectivity index (χ3v) is 4.09. The molecular formula is C16H23NO4S. The molecule has 0 bridgehead atoms. The van der Waals surface area contributed by atoms with Crippen LogP contribution in [0.25, 0.3) is 0 Å². The minimum absolute atomic E-state index is 0.159. The van der Waals surface area contributed by atoms with E-state index in [0.717, 1.165) is 0 Å². The summed E-state index contributed by atoms with van der Waals surface area (Å²) in [5.74, 6) is 0.289. The van der Waals surface area contributed by atoms with Crippen molar-refractivity contribution in [3.63, 3.8) is 0 Å². The third kappa shape index (κ3) is 5.60. The van der Waals surface area contributed by atoms with Crippen LogP contribution in [-0.4, -0.2) is 35.6 Å². The minimum atomic E-state index is -0.757. The first-order valence-corrected chi connectivity index (χ1v) is 8.22. The fraction of sp³-hybridized carbons (Fsp3) is 0.500. The number of amides is 1. The zero-order valence-electron chi connectivity index (χ0n) is 13.5. The van der Waals surface area contributed by atoms with Gasteiger partial charge in [0.15, 0.2) is 0 Å². The third-order valence-electron chi connectivity index (χ3n) is 2.79. The Bertz CT molecular complexity index is 517. The normalized spacial score (nSPS) is 10.9. The van der Waals surface area contributed by atoms with Crippen LogP contribution in [-0.2, 0) is 14.3 Å². The molecule has 5 nitrogen and oxygen atoms in total. The highest BCUT2D eigenvalue weighted by Crippen LogP contribution is 2.27. The average molecular weight is 325 g/mol. The van der Waals surface area contributed by atoms with Gasteiger partial charge in [0.1, 0.15) is 10.5 Å². The van der Waals surface area contributed by atoms with Crippen LogP contribution in [0.1, 0.15) is 27.7 Å². The molecule has 6 heteroatoms. The van der Waals surface area contributed by atoms with Crippen LogP contribution < -0.4 is 10.1 Å². The molecule has 1 aromatic rings. The maximum absolute atomic E-state index is 12.1. The van der Waals surface area contributed by atoms with Crippen LogP contribution in [0.15, 0.2) is 24.3 Å². The average Bonchev–Trinajstić information content (AvgIpc) is 2.48. The first-order valence-electron chi connectivity index (χ1n) is 7.23. The van der Waals surface area contributed by atoms with Crippen molar-refractivity contribution in [2.75, 3.05) is 24.3 Å². The lowest BCUT2D eigenvalue weighted by molar-refractivity contribution is -0.145. The maximum Gasteiger partial charge on any atom is 0.321 e. The van der Waals surface area contributed by atoms with Gasteiger partial charge in [-0.15, -0.1) is 11.8 Å². The van der Waals surface area contributed by atoms with Crippen LogP contribution in [0.5, 0.6) is 5.75 Å². The SMILES string of the molecule is CCOC(=O)C(C)(C)SCC(=O)Nc1ccccc1OCC. The summed E-state index contributed by atoms with van der Waals surface area (Å²) in [6.45, 7) is 7.99. The first kappa shape index (κ1) is 18.4. The second kappa shape index (κ2) is 8.68. The Kier molecular flexibility index (Phi) is 7.24. The van der Waals surface area contributed by atoms with Gasteiger partial charge in [-0.25, -0.2) is 0 Å². The molecule has 0 saturated heterocycles. The standard InChI is InChI=1S/C16H23NO4S/c1-5-20-13-10-8-7-9-12(13)17-14(18)11-22-16(3,4)15(19)21-6-2/h7-10H,5-6,11H2,1-4H3,(H,17,18). The van der Waals surface area contributed by atoms with Gasteiger partial charge in [0.2, 0.25) is 5.91 Å². The molecule has 0 spiro atoms. The summed E-state index contributed by atoms with van der Waals surface area (Å²) in [6, 6.07) is 7.26. The second-order valence-corrected chi connectivity index (χ2v) is 6.59. The fourth-order valence-electron chi connectivity index (χ4n) is 1.65. The van der Waals surface area contributed by atoms with Gasteiger partial charge in [0.25, 0.3) is 0 Å². The Morgan fingerprint density at radius 3 is 2.50 bits per heavy atom. The molecule has 0 aromatic heterocycles. The summed E-state index contributed by atoms with van der Waals surface area (Å²) in [7, 11) is 0. The number of hydrogen-bond acceptors (Lipinski definition) is 5. The number of rotatable bonds is 8. The largest absolute Gasteiger partial charge is 0.492 e. The number of esters is 1. The number of carbonyl (C=O) groups excluding carboxylic acids is 2. The van der Waals surface area contributed by atoms with Crippen molar-refractivity contribution in [2.45, 2.75) is 32.4 Å². The number of para-hydroxylation sites is 2. The predicted molar refractivity (Wildman–Crippen MR) is 89.4 cm³/mol. The van der Waals surface area contributed by atoms with Crippen molar-refractivity contribution in [1.29, 1.82) is 0 Å². The van der Waals surface area contributed by atoms with Crippen molar-refractivity contribution in [3.05, 3.63) is 24.3 Å². The van der Waals surface area contributed by atoms with Crippen LogP contribution in [0.4, 0.5) is 5.69 Å². The van der Waals surface area contributed by atoms with Crippen LogP contribution in [0, 0.1) is 0 Å². The Morgan fingerprint density at radius 1 is 1.18 bits per heavy atom. The van der Waals surface area contributed by atoms with E-state index >= 15 is 0 Å². The van der Waals surface area contributed by atoms with Gasteiger partial charge in [-0.05, 0) is 39.8 Å². The van der Waals surface area contributed by atoms with E-state index in [0.29, 0.717) is 24.7 Å². The molecule has 0 fully saturated rings. The van der Waals surface area contributed by atoms with E-state index in [1.54, 1.807) is 32.9 Å². The summed E-state index contributed by atoms with van der Waals surface area (Å²) in [4.78, 5) is 23.8. The molecule has 1 rings (SSSR count). The lowest BCUT2D eigenvalue weighted by Crippen LogP contribution is -2.32. The highest BCUT2D eigenvalue weighted by molar-refractivity contribution is 8.02. The molecule has 1 aromatic carbocycles. The van der Waals surface area contributed by atoms with Gasteiger partial charge in [-0.1, -0.05) is 12.1 Å². The van der Waals surface area contributed by atoms with E-state index in [9.17, 15) is 9.59 Å². The number of hydrogen-bond donors (Lipinski definition) is 1. The lowest BCUT2D eigenvalue weighted by Gasteiger charge is -2.21. The highest BCUT2D eigenvalue weighted by atomic mass is 32.2. The van der Waals surface area contributed by atoms with Crippen molar-refractivity contribution >= 4 is 29.3 Å². The molecule has 0 radical (unpaired) electrons. The molecule has 1 N–H and O–H groups in total. The smallest absolute Gasteiger partial charge is 0.321 e. The van der Waals surface area contributed by atoms with E-state index in [4.69, 9.17) is 9.47 Å². The molecule has 0 atom stereocenters. The summed E-state index contributed by atoms with van der Waals surface area (Å²) >= 11 is 1.25. The van der Waals surface area contributed by atoms with Crippen LogP contribution >= 0.6 is 11.8 Å². The van der Waals surface area contributed by atoms with E-state index in [1.165, 1.54) is 11.8 Å². The van der Waals surface area contributed by atoms with E-state index < -0.39 is 4.75 Å². The highest BCUT2D eigenvalue weighted by Gasteiger charge is 2.30. The summed E-state index contributed by atoms with van der Waals surface area (Å²) < 4.78 is 9.70. The van der Waals surface area contributed by atoms with Gasteiger partial charge >= 0.3 is 5.97 Å². The summed E-state index contributed by atoms with van der Waals surface area (Å²) in [5.41, 5.74) is 0.629. The quantitative estimate of drug-likeness (QED) is 0.744. The predicted octanol–water partition coefficient (Wildman–Crippen LogP) is 3.10. The molecule has 0 aliphatic rings. The van der Waals surface area contributed by atoms with Gasteiger partial charge < -0.3 is 14.8 Å². The number of nitrogens with one attached hydrogen (secondary N) is 1. The van der Waals surface area contributed by atoms with Crippen LogP contribution in [0.2, 0.25) is 0 Å². The van der Waals surface area contributed by atoms with Gasteiger partial charge in [-0.2, -0.15) is 0 Å². The Hall–Kier alpha value is -1.69. The summed E-state index contributed by atoms with van der Waals surface area (Å²) in [5, 5.41) is 2.80. The van der Waals surface area contributed by atoms with Crippen molar-refractivity contribution in [3.8, 4) is 5.75 Å². The van der Waals surface area contributed by atoms with E-state index in [2.05, 4.69) is 5.32 Å². The van der Waals surface area contributed by atoms with Crippen molar-refractivity contribution < 1.29 is 19.1 Å². The molecular weight excluding hydrogens is 302 g/mol. The number of thioether (sulfide) groups is 1. The molecule has 22 heavy (non-hydrogen) atoms. The van der Waals surface area contributed by atoms with Gasteiger partial charge in [-0.3, -0.25) is 9.59 Å². The second-order valence-electron chi connectivity index (χ2n) is 5.00. The maximum atomic E-state index is 12.1. The number of benzene rings is 1. The lowest BCUT2D eigenvalue weighted by atomic mass is 10.2. The minimum Gasteiger partial charge on any atom is -0.492 e. The zero-order chi connectivity index (χ0) is 16.6. The van der Waals surface area contributed by atoms with Gasteiger partial charge in [0, 0.05) is 0 Å². The topological polar surface area (TPSA) is 64.6 Å². The molecule has 1 amide bonds. The molecule has 122 valence electrons. The van der Waals surface area contributed by atoms with Crippen molar-refractivity contribution in [1.82, 2.24) is 0 Å². The first-order chi connectivity index (χ1) is 10.4.